The quantitative estimate of drug-likeness (QED) is 0.575. The fourth-order valence-corrected chi connectivity index (χ4v) is 3.31. The number of methoxy groups -OCH3 is 1. The monoisotopic (exact) mass is 385 g/mol. The van der Waals surface area contributed by atoms with Gasteiger partial charge in [-0.15, -0.1) is 0 Å². The van der Waals surface area contributed by atoms with Gasteiger partial charge in [0.15, 0.2) is 11.5 Å². The number of para-hydroxylation sites is 2. The minimum absolute atomic E-state index is 0.0819. The van der Waals surface area contributed by atoms with Gasteiger partial charge in [0.25, 0.3) is 11.6 Å². The number of amides is 1. The van der Waals surface area contributed by atoms with Crippen molar-refractivity contribution in [3.63, 3.8) is 0 Å². The molecule has 8 nitrogen and oxygen atoms in total. The number of nitrogens with one attached hydrogen (secondary N) is 1. The van der Waals surface area contributed by atoms with Gasteiger partial charge in [-0.2, -0.15) is 0 Å². The van der Waals surface area contributed by atoms with Crippen molar-refractivity contribution < 1.29 is 19.2 Å². The van der Waals surface area contributed by atoms with E-state index in [2.05, 4.69) is 10.2 Å². The van der Waals surface area contributed by atoms with Gasteiger partial charge in [-0.05, 0) is 31.9 Å². The Bertz CT molecular complexity index is 878. The first kappa shape index (κ1) is 19.5. The predicted octanol–water partition coefficient (Wildman–Crippen LogP) is 3.85. The Hall–Kier alpha value is -3.29. The molecule has 1 aliphatic rings. The Morgan fingerprint density at radius 1 is 1.21 bits per heavy atom. The van der Waals surface area contributed by atoms with Crippen molar-refractivity contribution >= 4 is 23.0 Å². The first-order chi connectivity index (χ1) is 13.5. The maximum absolute atomic E-state index is 12.9. The number of benzene rings is 2. The van der Waals surface area contributed by atoms with Gasteiger partial charge < -0.3 is 19.7 Å². The summed E-state index contributed by atoms with van der Waals surface area (Å²) >= 11 is 0. The van der Waals surface area contributed by atoms with Crippen LogP contribution in [0, 0.1) is 10.1 Å². The lowest BCUT2D eigenvalue weighted by atomic mass is 10.1. The van der Waals surface area contributed by atoms with Crippen LogP contribution in [0.25, 0.3) is 0 Å². The van der Waals surface area contributed by atoms with Gasteiger partial charge in [-0.1, -0.05) is 12.1 Å². The molecular formula is C20H23N3O5. The summed E-state index contributed by atoms with van der Waals surface area (Å²) < 4.78 is 10.6. The van der Waals surface area contributed by atoms with Crippen molar-refractivity contribution in [3.05, 3.63) is 52.1 Å². The molecule has 28 heavy (non-hydrogen) atoms. The summed E-state index contributed by atoms with van der Waals surface area (Å²) in [6, 6.07) is 10.0. The highest BCUT2D eigenvalue weighted by Gasteiger charge is 2.26. The molecule has 1 heterocycles. The van der Waals surface area contributed by atoms with Crippen molar-refractivity contribution in [3.8, 4) is 11.5 Å². The summed E-state index contributed by atoms with van der Waals surface area (Å²) in [5, 5.41) is 14.4. The molecule has 1 N–H and O–H groups in total. The second-order valence-corrected chi connectivity index (χ2v) is 6.38. The molecule has 1 amide bonds. The summed E-state index contributed by atoms with van der Waals surface area (Å²) in [5.74, 6) is -0.0733. The largest absolute Gasteiger partial charge is 0.493 e. The molecule has 0 radical (unpaired) electrons. The van der Waals surface area contributed by atoms with E-state index in [0.29, 0.717) is 12.3 Å². The number of nitro benzene ring substituents is 1. The van der Waals surface area contributed by atoms with Crippen molar-refractivity contribution in [1.29, 1.82) is 0 Å². The summed E-state index contributed by atoms with van der Waals surface area (Å²) in [4.78, 5) is 26.0. The third-order valence-corrected chi connectivity index (χ3v) is 4.62. The van der Waals surface area contributed by atoms with E-state index in [-0.39, 0.29) is 22.7 Å². The van der Waals surface area contributed by atoms with Crippen LogP contribution in [0.1, 0.15) is 30.1 Å². The van der Waals surface area contributed by atoms with Crippen LogP contribution < -0.4 is 19.7 Å². The molecule has 0 spiro atoms. The maximum Gasteiger partial charge on any atom is 0.286 e. The fourth-order valence-electron chi connectivity index (χ4n) is 3.31. The molecule has 148 valence electrons. The van der Waals surface area contributed by atoms with Crippen LogP contribution in [0.3, 0.4) is 0 Å². The zero-order valence-electron chi connectivity index (χ0n) is 15.9. The molecule has 1 aliphatic heterocycles. The number of anilines is 2. The molecule has 0 saturated carbocycles. The fraction of sp³-hybridized carbons (Fsp3) is 0.350. The number of carbonyl (C=O) groups excluding carboxylic acids is 1. The van der Waals surface area contributed by atoms with Crippen LogP contribution in [0.2, 0.25) is 0 Å². The standard InChI is InChI=1S/C20H23N3O5/c1-3-28-19-13-17(23(25)26)14(12-18(19)27-2)20(24)21-15-8-4-5-9-16(15)22-10-6-7-11-22/h4-5,8-9,12-13H,3,6-7,10-11H2,1-2H3,(H,21,24). The Morgan fingerprint density at radius 2 is 1.93 bits per heavy atom. The molecule has 0 aliphatic carbocycles. The highest BCUT2D eigenvalue weighted by molar-refractivity contribution is 6.09. The van der Waals surface area contributed by atoms with Crippen LogP contribution in [0.5, 0.6) is 11.5 Å². The molecule has 1 fully saturated rings. The Morgan fingerprint density at radius 3 is 2.57 bits per heavy atom. The minimum atomic E-state index is -0.594. The van der Waals surface area contributed by atoms with E-state index in [0.717, 1.165) is 31.6 Å². The van der Waals surface area contributed by atoms with Crippen molar-refractivity contribution in [2.45, 2.75) is 19.8 Å². The Balaban J connectivity index is 1.95. The van der Waals surface area contributed by atoms with Crippen LogP contribution in [0.15, 0.2) is 36.4 Å². The SMILES string of the molecule is CCOc1cc([N+](=O)[O-])c(C(=O)Nc2ccccc2N2CCCC2)cc1OC. The van der Waals surface area contributed by atoms with E-state index in [4.69, 9.17) is 9.47 Å². The predicted molar refractivity (Wildman–Crippen MR) is 107 cm³/mol. The van der Waals surface area contributed by atoms with Crippen molar-refractivity contribution in [2.75, 3.05) is 37.0 Å². The van der Waals surface area contributed by atoms with Gasteiger partial charge in [0, 0.05) is 19.2 Å². The number of rotatable bonds is 7. The number of nitrogens with zero attached hydrogens (tertiary/aromatic N) is 2. The lowest BCUT2D eigenvalue weighted by Crippen LogP contribution is -2.21. The third kappa shape index (κ3) is 4.00. The second kappa shape index (κ2) is 8.60. The number of carbonyl (C=O) groups is 1. The van der Waals surface area contributed by atoms with Crippen molar-refractivity contribution in [1.82, 2.24) is 0 Å². The minimum Gasteiger partial charge on any atom is -0.493 e. The van der Waals surface area contributed by atoms with E-state index < -0.39 is 10.8 Å². The molecule has 2 aromatic rings. The lowest BCUT2D eigenvalue weighted by Gasteiger charge is -2.21. The van der Waals surface area contributed by atoms with Crippen LogP contribution in [0.4, 0.5) is 17.1 Å². The summed E-state index contributed by atoms with van der Waals surface area (Å²) in [5.41, 5.74) is 1.12. The normalized spacial score (nSPS) is 13.3. The molecule has 0 aromatic heterocycles. The molecule has 1 saturated heterocycles. The van der Waals surface area contributed by atoms with Gasteiger partial charge in [0.2, 0.25) is 0 Å². The number of hydrogen-bond donors (Lipinski definition) is 1. The second-order valence-electron chi connectivity index (χ2n) is 6.38. The first-order valence-corrected chi connectivity index (χ1v) is 9.19. The summed E-state index contributed by atoms with van der Waals surface area (Å²) in [6.07, 6.45) is 2.20. The summed E-state index contributed by atoms with van der Waals surface area (Å²) in [6.45, 7) is 3.93. The molecular weight excluding hydrogens is 362 g/mol. The highest BCUT2D eigenvalue weighted by Crippen LogP contribution is 2.36. The van der Waals surface area contributed by atoms with Crippen LogP contribution in [-0.2, 0) is 0 Å². The number of hydrogen-bond acceptors (Lipinski definition) is 6. The first-order valence-electron chi connectivity index (χ1n) is 9.19. The van der Waals surface area contributed by atoms with Crippen LogP contribution in [-0.4, -0.2) is 37.6 Å². The van der Waals surface area contributed by atoms with E-state index >= 15 is 0 Å². The Labute approximate surface area is 163 Å². The van der Waals surface area contributed by atoms with Gasteiger partial charge in [-0.3, -0.25) is 14.9 Å². The summed E-state index contributed by atoms with van der Waals surface area (Å²) in [7, 11) is 1.42. The topological polar surface area (TPSA) is 93.9 Å². The van der Waals surface area contributed by atoms with E-state index in [1.165, 1.54) is 19.2 Å². The Kier molecular flexibility index (Phi) is 5.98. The van der Waals surface area contributed by atoms with Gasteiger partial charge in [-0.25, -0.2) is 0 Å². The van der Waals surface area contributed by atoms with E-state index in [1.54, 1.807) is 13.0 Å². The van der Waals surface area contributed by atoms with Gasteiger partial charge in [0.05, 0.1) is 36.1 Å². The molecule has 0 unspecified atom stereocenters. The highest BCUT2D eigenvalue weighted by atomic mass is 16.6. The van der Waals surface area contributed by atoms with Crippen LogP contribution >= 0.6 is 0 Å². The molecule has 0 bridgehead atoms. The molecule has 8 heteroatoms. The average molecular weight is 385 g/mol. The molecule has 2 aromatic carbocycles. The lowest BCUT2D eigenvalue weighted by molar-refractivity contribution is -0.385. The van der Waals surface area contributed by atoms with Gasteiger partial charge >= 0.3 is 0 Å². The van der Waals surface area contributed by atoms with E-state index in [9.17, 15) is 14.9 Å². The third-order valence-electron chi connectivity index (χ3n) is 4.62. The van der Waals surface area contributed by atoms with Crippen molar-refractivity contribution in [2.24, 2.45) is 0 Å². The molecule has 0 atom stereocenters. The number of nitro groups is 1. The van der Waals surface area contributed by atoms with E-state index in [1.807, 2.05) is 18.2 Å². The van der Waals surface area contributed by atoms with Gasteiger partial charge in [0.1, 0.15) is 5.56 Å². The number of ether oxygens (including phenoxy) is 2. The zero-order chi connectivity index (χ0) is 20.1. The smallest absolute Gasteiger partial charge is 0.286 e. The zero-order valence-corrected chi connectivity index (χ0v) is 15.9. The maximum atomic E-state index is 12.9. The molecule has 3 rings (SSSR count). The average Bonchev–Trinajstić information content (AvgIpc) is 3.22.